The number of rotatable bonds is 7. The number of amides is 1. The molecule has 0 spiro atoms. The molecule has 0 aliphatic carbocycles. The lowest BCUT2D eigenvalue weighted by atomic mass is 9.90. The number of halogens is 1. The van der Waals surface area contributed by atoms with Gasteiger partial charge in [-0.3, -0.25) is 25.0 Å². The Balaban J connectivity index is 0.000000205. The number of nitrogens with one attached hydrogen (secondary N) is 1. The minimum absolute atomic E-state index is 0.131. The number of nitrogens with zero attached hydrogens (tertiary/aromatic N) is 3. The van der Waals surface area contributed by atoms with Crippen LogP contribution in [0.4, 0.5) is 11.4 Å². The molecular formula is C26H33BrN4O5. The molecule has 36 heavy (non-hydrogen) atoms. The Labute approximate surface area is 219 Å². The minimum atomic E-state index is -0.381. The van der Waals surface area contributed by atoms with E-state index in [0.717, 1.165) is 63.3 Å². The van der Waals surface area contributed by atoms with Crippen molar-refractivity contribution < 1.29 is 14.6 Å². The van der Waals surface area contributed by atoms with Gasteiger partial charge in [0.25, 0.3) is 11.4 Å². The van der Waals surface area contributed by atoms with E-state index in [1.807, 2.05) is 29.2 Å². The number of likely N-dealkylation sites (tertiary alicyclic amines) is 1. The third-order valence-corrected chi connectivity index (χ3v) is 7.36. The molecule has 1 amide bonds. The lowest BCUT2D eigenvalue weighted by molar-refractivity contribution is -0.385. The molecule has 0 bridgehead atoms. The first-order valence-corrected chi connectivity index (χ1v) is 13.5. The summed E-state index contributed by atoms with van der Waals surface area (Å²) in [6.07, 6.45) is 6.37. The van der Waals surface area contributed by atoms with Gasteiger partial charge in [-0.2, -0.15) is 0 Å². The Morgan fingerprint density at radius 1 is 0.806 bits per heavy atom. The molecule has 0 atom stereocenters. The third-order valence-electron chi connectivity index (χ3n) is 6.88. The van der Waals surface area contributed by atoms with Crippen LogP contribution in [-0.2, 0) is 17.6 Å². The van der Waals surface area contributed by atoms with Crippen molar-refractivity contribution in [2.24, 2.45) is 11.8 Å². The molecule has 2 saturated heterocycles. The van der Waals surface area contributed by atoms with Crippen LogP contribution in [0.2, 0.25) is 0 Å². The van der Waals surface area contributed by atoms with Gasteiger partial charge in [-0.25, -0.2) is 0 Å². The van der Waals surface area contributed by atoms with E-state index in [-0.39, 0.29) is 27.1 Å². The molecule has 10 heteroatoms. The number of benzene rings is 2. The Kier molecular flexibility index (Phi) is 10.8. The van der Waals surface area contributed by atoms with Crippen molar-refractivity contribution in [2.45, 2.75) is 38.5 Å². The van der Waals surface area contributed by atoms with Crippen molar-refractivity contribution in [2.75, 3.05) is 31.5 Å². The molecule has 194 valence electrons. The molecule has 2 fully saturated rings. The van der Waals surface area contributed by atoms with Crippen LogP contribution in [-0.4, -0.2) is 52.2 Å². The molecule has 2 aliphatic heterocycles. The third kappa shape index (κ3) is 8.67. The van der Waals surface area contributed by atoms with Gasteiger partial charge >= 0.3 is 0 Å². The van der Waals surface area contributed by atoms with E-state index in [0.29, 0.717) is 11.2 Å². The largest absolute Gasteiger partial charge is 0.342 e. The van der Waals surface area contributed by atoms with Crippen molar-refractivity contribution in [3.63, 3.8) is 0 Å². The second-order valence-electron chi connectivity index (χ2n) is 9.41. The van der Waals surface area contributed by atoms with Gasteiger partial charge in [0.1, 0.15) is 0 Å². The van der Waals surface area contributed by atoms with Gasteiger partial charge in [0, 0.05) is 37.4 Å². The lowest BCUT2D eigenvalue weighted by Crippen LogP contribution is -2.39. The Hall–Kier alpha value is -2.85. The summed E-state index contributed by atoms with van der Waals surface area (Å²) in [6.45, 7) is 3.81. The number of nitro groups is 2. The molecule has 0 saturated carbocycles. The monoisotopic (exact) mass is 560 g/mol. The molecule has 0 radical (unpaired) electrons. The van der Waals surface area contributed by atoms with Crippen LogP contribution in [0.25, 0.3) is 0 Å². The summed E-state index contributed by atoms with van der Waals surface area (Å²) < 4.78 is 0. The quantitative estimate of drug-likeness (QED) is 0.292. The van der Waals surface area contributed by atoms with Gasteiger partial charge in [0.2, 0.25) is 5.91 Å². The zero-order chi connectivity index (χ0) is 25.9. The smallest absolute Gasteiger partial charge is 0.269 e. The van der Waals surface area contributed by atoms with E-state index in [2.05, 4.69) is 21.2 Å². The molecule has 2 heterocycles. The van der Waals surface area contributed by atoms with Crippen LogP contribution >= 0.6 is 15.9 Å². The first kappa shape index (κ1) is 27.7. The number of carbonyl (C=O) groups excluding carboxylic acids is 1. The second kappa shape index (κ2) is 14.0. The van der Waals surface area contributed by atoms with Crippen molar-refractivity contribution in [3.8, 4) is 0 Å². The Morgan fingerprint density at radius 3 is 1.61 bits per heavy atom. The van der Waals surface area contributed by atoms with Crippen LogP contribution in [0.5, 0.6) is 0 Å². The molecule has 2 aromatic rings. The molecule has 0 aromatic heterocycles. The minimum Gasteiger partial charge on any atom is -0.342 e. The SMILES string of the molecule is O=C(CBr)N1CCC(Cc2ccc([N+](=O)[O-])cc2)CC1.O=[N+]([O-])c1ccc(CC2CCNCC2)cc1. The lowest BCUT2D eigenvalue weighted by Gasteiger charge is -2.31. The summed E-state index contributed by atoms with van der Waals surface area (Å²) in [7, 11) is 0. The van der Waals surface area contributed by atoms with E-state index in [1.165, 1.54) is 18.4 Å². The highest BCUT2D eigenvalue weighted by Crippen LogP contribution is 2.23. The first-order chi connectivity index (χ1) is 17.4. The zero-order valence-electron chi connectivity index (χ0n) is 20.3. The maximum atomic E-state index is 11.5. The van der Waals surface area contributed by atoms with Crippen LogP contribution in [0.1, 0.15) is 36.8 Å². The maximum absolute atomic E-state index is 11.5. The zero-order valence-corrected chi connectivity index (χ0v) is 21.9. The number of non-ortho nitro benzene ring substituents is 2. The summed E-state index contributed by atoms with van der Waals surface area (Å²) in [5.74, 6) is 1.43. The molecule has 4 rings (SSSR count). The molecule has 9 nitrogen and oxygen atoms in total. The Morgan fingerprint density at radius 2 is 1.22 bits per heavy atom. The molecular weight excluding hydrogens is 528 g/mol. The predicted octanol–water partition coefficient (Wildman–Crippen LogP) is 4.91. The standard InChI is InChI=1S/C14H17BrN2O3.C12H16N2O2/c15-10-14(18)16-7-5-12(6-8-16)9-11-1-3-13(4-2-11)17(19)20;15-14(16)12-3-1-10(2-4-12)9-11-5-7-13-8-6-11/h1-4,12H,5-10H2;1-4,11,13H,5-9H2. The fraction of sp³-hybridized carbons (Fsp3) is 0.500. The van der Waals surface area contributed by atoms with Gasteiger partial charge < -0.3 is 10.2 Å². The first-order valence-electron chi connectivity index (χ1n) is 12.4. The van der Waals surface area contributed by atoms with E-state index in [1.54, 1.807) is 24.3 Å². The summed E-state index contributed by atoms with van der Waals surface area (Å²) in [5.41, 5.74) is 2.64. The molecule has 2 aliphatic rings. The predicted molar refractivity (Wildman–Crippen MR) is 142 cm³/mol. The van der Waals surface area contributed by atoms with Crippen molar-refractivity contribution in [3.05, 3.63) is 79.9 Å². The normalized spacial score (nSPS) is 16.6. The maximum Gasteiger partial charge on any atom is 0.269 e. The fourth-order valence-corrected chi connectivity index (χ4v) is 5.09. The van der Waals surface area contributed by atoms with Gasteiger partial charge in [0.15, 0.2) is 0 Å². The highest BCUT2D eigenvalue weighted by molar-refractivity contribution is 9.09. The summed E-state index contributed by atoms with van der Waals surface area (Å²) in [6, 6.07) is 13.7. The van der Waals surface area contributed by atoms with Gasteiger partial charge in [-0.05, 0) is 74.6 Å². The highest BCUT2D eigenvalue weighted by Gasteiger charge is 2.22. The van der Waals surface area contributed by atoms with E-state index < -0.39 is 0 Å². The number of hydrogen-bond acceptors (Lipinski definition) is 6. The molecule has 2 aromatic carbocycles. The van der Waals surface area contributed by atoms with Crippen molar-refractivity contribution in [1.82, 2.24) is 10.2 Å². The average Bonchev–Trinajstić information content (AvgIpc) is 2.90. The Bertz CT molecular complexity index is 1000. The second-order valence-corrected chi connectivity index (χ2v) is 9.97. The fourth-order valence-electron chi connectivity index (χ4n) is 4.73. The van der Waals surface area contributed by atoms with Crippen molar-refractivity contribution >= 4 is 33.2 Å². The molecule has 1 N–H and O–H groups in total. The van der Waals surface area contributed by atoms with E-state index in [4.69, 9.17) is 0 Å². The van der Waals surface area contributed by atoms with Gasteiger partial charge in [-0.1, -0.05) is 40.2 Å². The van der Waals surface area contributed by atoms with Crippen LogP contribution in [0.3, 0.4) is 0 Å². The summed E-state index contributed by atoms with van der Waals surface area (Å²) >= 11 is 3.19. The number of hydrogen-bond donors (Lipinski definition) is 1. The summed E-state index contributed by atoms with van der Waals surface area (Å²) in [4.78, 5) is 33.8. The topological polar surface area (TPSA) is 119 Å². The van der Waals surface area contributed by atoms with Gasteiger partial charge in [0.05, 0.1) is 15.2 Å². The highest BCUT2D eigenvalue weighted by atomic mass is 79.9. The number of carbonyl (C=O) groups is 1. The van der Waals surface area contributed by atoms with Crippen LogP contribution in [0, 0.1) is 32.1 Å². The van der Waals surface area contributed by atoms with Crippen molar-refractivity contribution in [1.29, 1.82) is 0 Å². The van der Waals surface area contributed by atoms with Crippen LogP contribution in [0.15, 0.2) is 48.5 Å². The van der Waals surface area contributed by atoms with Gasteiger partial charge in [-0.15, -0.1) is 0 Å². The molecule has 0 unspecified atom stereocenters. The summed E-state index contributed by atoms with van der Waals surface area (Å²) in [5, 5.41) is 24.8. The number of piperidine rings is 2. The van der Waals surface area contributed by atoms with E-state index >= 15 is 0 Å². The number of nitro benzene ring substituents is 2. The van der Waals surface area contributed by atoms with E-state index in [9.17, 15) is 25.0 Å². The van der Waals surface area contributed by atoms with Crippen LogP contribution < -0.4 is 5.32 Å². The number of alkyl halides is 1. The average molecular weight is 561 g/mol.